The maximum absolute atomic E-state index is 12.5. The molecule has 0 bridgehead atoms. The predicted molar refractivity (Wildman–Crippen MR) is 82.6 cm³/mol. The molecule has 0 aromatic carbocycles. The lowest BCUT2D eigenvalue weighted by molar-refractivity contribution is -0.139. The second kappa shape index (κ2) is 5.93. The minimum absolute atomic E-state index is 0.299. The van der Waals surface area contributed by atoms with Crippen LogP contribution in [0.25, 0.3) is 0 Å². The number of rotatable bonds is 3. The molecule has 2 aliphatic rings. The molecule has 1 aromatic heterocycles. The van der Waals surface area contributed by atoms with Gasteiger partial charge in [-0.05, 0) is 26.0 Å². The zero-order valence-corrected chi connectivity index (χ0v) is 13.3. The van der Waals surface area contributed by atoms with Crippen LogP contribution in [-0.4, -0.2) is 29.8 Å². The standard InChI is InChI=1S/C16H16N2O3S/c1-3-20-16(19)13-10(2)18-6-8-22-15(18)11(9-17)14(13)12-5-4-7-21-12/h4-5,7,14H,3,6,8H2,1-2H3/t14-/m1/s1. The Morgan fingerprint density at radius 3 is 3.09 bits per heavy atom. The van der Waals surface area contributed by atoms with Crippen LogP contribution in [0, 0.1) is 11.3 Å². The van der Waals surface area contributed by atoms with Crippen molar-refractivity contribution in [2.24, 2.45) is 0 Å². The summed E-state index contributed by atoms with van der Waals surface area (Å²) in [7, 11) is 0. The lowest BCUT2D eigenvalue weighted by Gasteiger charge is -2.32. The molecule has 0 N–H and O–H groups in total. The number of thioether (sulfide) groups is 1. The van der Waals surface area contributed by atoms with E-state index < -0.39 is 5.92 Å². The third-order valence-corrected chi connectivity index (χ3v) is 4.95. The van der Waals surface area contributed by atoms with Gasteiger partial charge in [0.15, 0.2) is 0 Å². The largest absolute Gasteiger partial charge is 0.468 e. The third kappa shape index (κ3) is 2.22. The van der Waals surface area contributed by atoms with E-state index in [1.54, 1.807) is 37.1 Å². The van der Waals surface area contributed by atoms with Crippen molar-refractivity contribution in [3.63, 3.8) is 0 Å². The monoisotopic (exact) mass is 316 g/mol. The molecule has 6 heteroatoms. The lowest BCUT2D eigenvalue weighted by atomic mass is 9.85. The molecule has 1 atom stereocenters. The molecule has 0 aliphatic carbocycles. The summed E-state index contributed by atoms with van der Waals surface area (Å²) < 4.78 is 10.7. The summed E-state index contributed by atoms with van der Waals surface area (Å²) in [6, 6.07) is 5.84. The second-order valence-electron chi connectivity index (χ2n) is 5.00. The Bertz CT molecular complexity index is 697. The maximum atomic E-state index is 12.5. The molecule has 0 unspecified atom stereocenters. The number of nitriles is 1. The van der Waals surface area contributed by atoms with Crippen molar-refractivity contribution in [2.75, 3.05) is 18.9 Å². The van der Waals surface area contributed by atoms with Crippen LogP contribution in [0.3, 0.4) is 0 Å². The summed E-state index contributed by atoms with van der Waals surface area (Å²) in [6.07, 6.45) is 1.56. The molecule has 1 fully saturated rings. The van der Waals surface area contributed by atoms with Crippen molar-refractivity contribution >= 4 is 17.7 Å². The zero-order chi connectivity index (χ0) is 15.7. The second-order valence-corrected chi connectivity index (χ2v) is 6.08. The Morgan fingerprint density at radius 2 is 2.45 bits per heavy atom. The minimum Gasteiger partial charge on any atom is -0.468 e. The molecule has 5 nitrogen and oxygen atoms in total. The van der Waals surface area contributed by atoms with Crippen molar-refractivity contribution in [1.29, 1.82) is 5.26 Å². The van der Waals surface area contributed by atoms with Gasteiger partial charge in [0, 0.05) is 18.0 Å². The number of nitrogens with zero attached hydrogens (tertiary/aromatic N) is 2. The fourth-order valence-corrected chi connectivity index (χ4v) is 4.08. The van der Waals surface area contributed by atoms with Crippen LogP contribution >= 0.6 is 11.8 Å². The smallest absolute Gasteiger partial charge is 0.336 e. The summed E-state index contributed by atoms with van der Waals surface area (Å²) in [5.41, 5.74) is 1.91. The van der Waals surface area contributed by atoms with Crippen LogP contribution in [0.1, 0.15) is 25.5 Å². The number of furan rings is 1. The van der Waals surface area contributed by atoms with E-state index in [9.17, 15) is 10.1 Å². The number of esters is 1. The van der Waals surface area contributed by atoms with Crippen LogP contribution < -0.4 is 0 Å². The number of fused-ring (bicyclic) bond motifs is 1. The SMILES string of the molecule is CCOC(=O)C1=C(C)N2CCSC2=C(C#N)[C@@H]1c1ccco1. The van der Waals surface area contributed by atoms with Crippen LogP contribution in [-0.2, 0) is 9.53 Å². The van der Waals surface area contributed by atoms with E-state index in [1.165, 1.54) is 0 Å². The fraction of sp³-hybridized carbons (Fsp3) is 0.375. The van der Waals surface area contributed by atoms with Gasteiger partial charge in [-0.3, -0.25) is 0 Å². The molecule has 0 radical (unpaired) electrons. The molecule has 3 rings (SSSR count). The molecule has 0 spiro atoms. The van der Waals surface area contributed by atoms with E-state index in [0.717, 1.165) is 23.0 Å². The van der Waals surface area contributed by atoms with Crippen LogP contribution in [0.4, 0.5) is 0 Å². The maximum Gasteiger partial charge on any atom is 0.336 e. The van der Waals surface area contributed by atoms with Gasteiger partial charge < -0.3 is 14.1 Å². The molecule has 114 valence electrons. The van der Waals surface area contributed by atoms with Gasteiger partial charge in [-0.15, -0.1) is 11.8 Å². The van der Waals surface area contributed by atoms with Crippen molar-refractivity contribution < 1.29 is 13.9 Å². The van der Waals surface area contributed by atoms with Gasteiger partial charge in [-0.25, -0.2) is 4.79 Å². The average molecular weight is 316 g/mol. The van der Waals surface area contributed by atoms with Crippen LogP contribution in [0.15, 0.2) is 44.7 Å². The number of ether oxygens (including phenoxy) is 1. The molecular weight excluding hydrogens is 300 g/mol. The van der Waals surface area contributed by atoms with E-state index in [-0.39, 0.29) is 5.97 Å². The fourth-order valence-electron chi connectivity index (χ4n) is 2.91. The van der Waals surface area contributed by atoms with Crippen LogP contribution in [0.5, 0.6) is 0 Å². The highest BCUT2D eigenvalue weighted by Gasteiger charge is 2.41. The average Bonchev–Trinajstić information content (AvgIpc) is 3.18. The van der Waals surface area contributed by atoms with Crippen molar-refractivity contribution in [3.8, 4) is 6.07 Å². The van der Waals surface area contributed by atoms with E-state index >= 15 is 0 Å². The quantitative estimate of drug-likeness (QED) is 0.799. The normalized spacial score (nSPS) is 21.0. The summed E-state index contributed by atoms with van der Waals surface area (Å²) in [5, 5.41) is 10.6. The Labute approximate surface area is 133 Å². The van der Waals surface area contributed by atoms with E-state index in [4.69, 9.17) is 9.15 Å². The minimum atomic E-state index is -0.490. The molecule has 2 aliphatic heterocycles. The molecule has 0 saturated carbocycles. The van der Waals surface area contributed by atoms with Gasteiger partial charge in [0.2, 0.25) is 0 Å². The number of hydrogen-bond acceptors (Lipinski definition) is 6. The molecule has 1 saturated heterocycles. The van der Waals surface area contributed by atoms with E-state index in [1.807, 2.05) is 11.8 Å². The number of carbonyl (C=O) groups is 1. The number of carbonyl (C=O) groups excluding carboxylic acids is 1. The van der Waals surface area contributed by atoms with Crippen LogP contribution in [0.2, 0.25) is 0 Å². The summed E-state index contributed by atoms with van der Waals surface area (Å²) >= 11 is 1.65. The molecule has 22 heavy (non-hydrogen) atoms. The Morgan fingerprint density at radius 1 is 1.64 bits per heavy atom. The van der Waals surface area contributed by atoms with Gasteiger partial charge in [-0.1, -0.05) is 0 Å². The first-order valence-electron chi connectivity index (χ1n) is 7.15. The predicted octanol–water partition coefficient (Wildman–Crippen LogP) is 3.00. The van der Waals surface area contributed by atoms with Gasteiger partial charge >= 0.3 is 5.97 Å². The molecule has 0 amide bonds. The molecule has 1 aromatic rings. The first kappa shape index (κ1) is 14.8. The number of hydrogen-bond donors (Lipinski definition) is 0. The topological polar surface area (TPSA) is 66.5 Å². The highest BCUT2D eigenvalue weighted by atomic mass is 32.2. The summed E-state index contributed by atoms with van der Waals surface area (Å²) in [4.78, 5) is 14.5. The van der Waals surface area contributed by atoms with Crippen molar-refractivity contribution in [2.45, 2.75) is 19.8 Å². The third-order valence-electron chi connectivity index (χ3n) is 3.84. The number of allylic oxidation sites excluding steroid dienone is 2. The molecular formula is C16H16N2O3S. The highest BCUT2D eigenvalue weighted by molar-refractivity contribution is 8.03. The van der Waals surface area contributed by atoms with Crippen molar-refractivity contribution in [1.82, 2.24) is 4.90 Å². The zero-order valence-electron chi connectivity index (χ0n) is 12.5. The van der Waals surface area contributed by atoms with Gasteiger partial charge in [0.05, 0.1) is 41.0 Å². The lowest BCUT2D eigenvalue weighted by Crippen LogP contribution is -2.30. The van der Waals surface area contributed by atoms with Gasteiger partial charge in [0.1, 0.15) is 5.76 Å². The van der Waals surface area contributed by atoms with Gasteiger partial charge in [0.25, 0.3) is 0 Å². The van der Waals surface area contributed by atoms with Gasteiger partial charge in [-0.2, -0.15) is 5.26 Å². The first-order chi connectivity index (χ1) is 10.7. The summed E-state index contributed by atoms with van der Waals surface area (Å²) in [5.74, 6) is 0.623. The highest BCUT2D eigenvalue weighted by Crippen LogP contribution is 2.47. The summed E-state index contributed by atoms with van der Waals surface area (Å²) in [6.45, 7) is 4.78. The Hall–Kier alpha value is -2.13. The molecule has 3 heterocycles. The first-order valence-corrected chi connectivity index (χ1v) is 8.13. The van der Waals surface area contributed by atoms with Crippen molar-refractivity contribution in [3.05, 3.63) is 46.0 Å². The van der Waals surface area contributed by atoms with E-state index in [2.05, 4.69) is 6.07 Å². The Kier molecular flexibility index (Phi) is 3.99. The van der Waals surface area contributed by atoms with E-state index in [0.29, 0.717) is 23.5 Å². The Balaban J connectivity index is 2.17.